The number of piperidine rings is 1. The second kappa shape index (κ2) is 7.28. The number of nitrogens with zero attached hydrogens (tertiary/aromatic N) is 1. The van der Waals surface area contributed by atoms with Gasteiger partial charge in [-0.25, -0.2) is 0 Å². The number of aliphatic hydroxyl groups is 1. The number of carbonyl (C=O) groups excluding carboxylic acids is 2. The molecule has 0 aromatic heterocycles. The van der Waals surface area contributed by atoms with Gasteiger partial charge in [0.25, 0.3) is 5.69 Å². The number of hydrogen-bond donors (Lipinski definition) is 2. The van der Waals surface area contributed by atoms with E-state index in [9.17, 15) is 38.0 Å². The van der Waals surface area contributed by atoms with E-state index in [1.54, 1.807) is 6.07 Å². The molecule has 0 unspecified atom stereocenters. The van der Waals surface area contributed by atoms with Gasteiger partial charge in [-0.2, -0.15) is 13.2 Å². The summed E-state index contributed by atoms with van der Waals surface area (Å²) >= 11 is 0. The maximum absolute atomic E-state index is 13.8. The van der Waals surface area contributed by atoms with Crippen LogP contribution < -0.4 is 5.32 Å². The molecule has 2 N–H and O–H groups in total. The fourth-order valence-electron chi connectivity index (χ4n) is 3.53. The minimum atomic E-state index is -5.36. The lowest BCUT2D eigenvalue weighted by atomic mass is 9.70. The van der Waals surface area contributed by atoms with Gasteiger partial charge in [0.2, 0.25) is 11.6 Å². The van der Waals surface area contributed by atoms with E-state index in [-0.39, 0.29) is 11.1 Å². The highest BCUT2D eigenvalue weighted by molar-refractivity contribution is 6.00. The molecule has 0 bridgehead atoms. The Morgan fingerprint density at radius 1 is 1.17 bits per heavy atom. The summed E-state index contributed by atoms with van der Waals surface area (Å²) in [5, 5.41) is 23.0. The number of non-ortho nitro benzene ring substituents is 1. The first-order valence-corrected chi connectivity index (χ1v) is 8.48. The molecule has 1 amide bonds. The summed E-state index contributed by atoms with van der Waals surface area (Å²) in [5.41, 5.74) is -4.35. The zero-order valence-electron chi connectivity index (χ0n) is 14.7. The summed E-state index contributed by atoms with van der Waals surface area (Å²) < 4.78 is 41.4. The van der Waals surface area contributed by atoms with Gasteiger partial charge in [0.05, 0.1) is 10.8 Å². The molecule has 2 aromatic rings. The Morgan fingerprint density at radius 2 is 1.83 bits per heavy atom. The molecule has 0 aliphatic carbocycles. The summed E-state index contributed by atoms with van der Waals surface area (Å²) in [6.45, 7) is 0. The number of nitrogens with one attached hydrogen (secondary N) is 1. The van der Waals surface area contributed by atoms with Crippen LogP contribution in [0.25, 0.3) is 0 Å². The molecular weight excluding hydrogens is 393 g/mol. The fourth-order valence-corrected chi connectivity index (χ4v) is 3.53. The minimum Gasteiger partial charge on any atom is -0.363 e. The number of rotatable bonds is 4. The third-order valence-corrected chi connectivity index (χ3v) is 4.87. The number of alkyl halides is 3. The van der Waals surface area contributed by atoms with Gasteiger partial charge in [-0.1, -0.05) is 42.5 Å². The van der Waals surface area contributed by atoms with E-state index in [2.05, 4.69) is 0 Å². The van der Waals surface area contributed by atoms with Crippen LogP contribution >= 0.6 is 0 Å². The number of hydrogen-bond acceptors (Lipinski definition) is 5. The molecule has 1 saturated heterocycles. The van der Waals surface area contributed by atoms with E-state index >= 15 is 0 Å². The Balaban J connectivity index is 2.18. The van der Waals surface area contributed by atoms with E-state index in [0.29, 0.717) is 0 Å². The van der Waals surface area contributed by atoms with E-state index in [1.807, 2.05) is 0 Å². The van der Waals surface area contributed by atoms with Crippen molar-refractivity contribution in [2.24, 2.45) is 5.92 Å². The summed E-state index contributed by atoms with van der Waals surface area (Å²) in [6, 6.07) is 11.7. The molecule has 1 aliphatic heterocycles. The monoisotopic (exact) mass is 408 g/mol. The van der Waals surface area contributed by atoms with Crippen molar-refractivity contribution in [2.45, 2.75) is 24.2 Å². The first-order chi connectivity index (χ1) is 13.5. The molecule has 0 saturated carbocycles. The van der Waals surface area contributed by atoms with Gasteiger partial charge in [0.1, 0.15) is 0 Å². The van der Waals surface area contributed by atoms with Crippen molar-refractivity contribution in [2.75, 3.05) is 0 Å². The minimum absolute atomic E-state index is 0.0222. The van der Waals surface area contributed by atoms with Crippen molar-refractivity contribution in [3.8, 4) is 0 Å². The number of nitro groups is 1. The van der Waals surface area contributed by atoms with Gasteiger partial charge in [-0.05, 0) is 5.56 Å². The first kappa shape index (κ1) is 20.5. The van der Waals surface area contributed by atoms with Crippen molar-refractivity contribution in [1.82, 2.24) is 5.32 Å². The molecule has 1 fully saturated rings. The predicted octanol–water partition coefficient (Wildman–Crippen LogP) is 2.95. The number of nitro benzene ring substituents is 1. The molecule has 1 heterocycles. The third-order valence-electron chi connectivity index (χ3n) is 4.87. The Kier molecular flexibility index (Phi) is 5.14. The van der Waals surface area contributed by atoms with Crippen molar-refractivity contribution < 1.29 is 32.8 Å². The lowest BCUT2D eigenvalue weighted by Crippen LogP contribution is -2.69. The highest BCUT2D eigenvalue weighted by Crippen LogP contribution is 2.47. The van der Waals surface area contributed by atoms with Gasteiger partial charge >= 0.3 is 6.18 Å². The lowest BCUT2D eigenvalue weighted by molar-refractivity contribution is -0.385. The number of carbonyl (C=O) groups is 2. The topological polar surface area (TPSA) is 110 Å². The maximum atomic E-state index is 13.8. The van der Waals surface area contributed by atoms with Crippen LogP contribution in [-0.4, -0.2) is 33.6 Å². The number of amides is 1. The van der Waals surface area contributed by atoms with Crippen LogP contribution in [0.3, 0.4) is 0 Å². The molecule has 3 atom stereocenters. The number of halogens is 3. The first-order valence-electron chi connectivity index (χ1n) is 8.48. The average Bonchev–Trinajstić information content (AvgIpc) is 2.67. The molecule has 0 radical (unpaired) electrons. The third kappa shape index (κ3) is 3.70. The second-order valence-electron chi connectivity index (χ2n) is 6.68. The fraction of sp³-hybridized carbons (Fsp3) is 0.263. The van der Waals surface area contributed by atoms with Crippen molar-refractivity contribution in [1.29, 1.82) is 0 Å². The zero-order chi connectivity index (χ0) is 21.4. The molecular formula is C19H15F3N2O5. The SMILES string of the molecule is O=C1C[C@H](c2cccc([N+](=O)[O-])c2)[C@@H](C(=O)c2ccccc2)[C@@](O)(C(F)(F)F)N1. The Bertz CT molecular complexity index is 964. The summed E-state index contributed by atoms with van der Waals surface area (Å²) in [7, 11) is 0. The normalized spacial score (nSPS) is 24.6. The van der Waals surface area contributed by atoms with E-state index < -0.39 is 52.5 Å². The molecule has 7 nitrogen and oxygen atoms in total. The van der Waals surface area contributed by atoms with Gasteiger partial charge in [-0.3, -0.25) is 19.7 Å². The van der Waals surface area contributed by atoms with E-state index in [1.165, 1.54) is 41.7 Å². The van der Waals surface area contributed by atoms with Gasteiger partial charge in [0, 0.05) is 30.0 Å². The molecule has 2 aromatic carbocycles. The lowest BCUT2D eigenvalue weighted by Gasteiger charge is -2.44. The van der Waals surface area contributed by atoms with Crippen LogP contribution in [0.1, 0.15) is 28.3 Å². The quantitative estimate of drug-likeness (QED) is 0.459. The van der Waals surface area contributed by atoms with Crippen molar-refractivity contribution in [3.05, 3.63) is 75.8 Å². The Morgan fingerprint density at radius 3 is 2.41 bits per heavy atom. The molecule has 0 spiro atoms. The predicted molar refractivity (Wildman–Crippen MR) is 93.9 cm³/mol. The standard InChI is InChI=1S/C19H15F3N2O5/c20-19(21,22)18(27)16(17(26)11-5-2-1-3-6-11)14(10-15(25)23-18)12-7-4-8-13(9-12)24(28)29/h1-9,14,16,27H,10H2,(H,23,25)/t14-,16+,18-/m1/s1. The number of Topliss-reactive ketones (excluding diaryl/α,β-unsaturated/α-hetero) is 1. The van der Waals surface area contributed by atoms with Gasteiger partial charge in [-0.15, -0.1) is 0 Å². The zero-order valence-corrected chi connectivity index (χ0v) is 14.7. The smallest absolute Gasteiger partial charge is 0.363 e. The molecule has 152 valence electrons. The second-order valence-corrected chi connectivity index (χ2v) is 6.68. The van der Waals surface area contributed by atoms with Crippen molar-refractivity contribution in [3.63, 3.8) is 0 Å². The van der Waals surface area contributed by atoms with Crippen molar-refractivity contribution >= 4 is 17.4 Å². The van der Waals surface area contributed by atoms with Crippen LogP contribution in [0.15, 0.2) is 54.6 Å². The molecule has 10 heteroatoms. The van der Waals surface area contributed by atoms with Gasteiger partial charge in [0.15, 0.2) is 5.78 Å². The summed E-state index contributed by atoms with van der Waals surface area (Å²) in [5.74, 6) is -5.73. The van der Waals surface area contributed by atoms with Crippen LogP contribution in [0.2, 0.25) is 0 Å². The average molecular weight is 408 g/mol. The van der Waals surface area contributed by atoms with E-state index in [4.69, 9.17) is 0 Å². The van der Waals surface area contributed by atoms with Gasteiger partial charge < -0.3 is 10.4 Å². The van der Waals surface area contributed by atoms with Crippen LogP contribution in [-0.2, 0) is 4.79 Å². The Labute approximate surface area is 162 Å². The molecule has 1 aliphatic rings. The number of ketones is 1. The van der Waals surface area contributed by atoms with E-state index in [0.717, 1.165) is 12.1 Å². The van der Waals surface area contributed by atoms with Crippen LogP contribution in [0.4, 0.5) is 18.9 Å². The maximum Gasteiger partial charge on any atom is 0.437 e. The number of benzene rings is 2. The molecule has 29 heavy (non-hydrogen) atoms. The summed E-state index contributed by atoms with van der Waals surface area (Å²) in [6.07, 6.45) is -5.92. The van der Waals surface area contributed by atoms with Crippen LogP contribution in [0.5, 0.6) is 0 Å². The largest absolute Gasteiger partial charge is 0.437 e. The summed E-state index contributed by atoms with van der Waals surface area (Å²) in [4.78, 5) is 35.4. The molecule has 3 rings (SSSR count). The highest BCUT2D eigenvalue weighted by atomic mass is 19.4. The van der Waals surface area contributed by atoms with Crippen LogP contribution in [0, 0.1) is 16.0 Å². The Hall–Kier alpha value is -3.27. The highest BCUT2D eigenvalue weighted by Gasteiger charge is 2.66.